The highest BCUT2D eigenvalue weighted by atomic mass is 16.5. The van der Waals surface area contributed by atoms with Gasteiger partial charge in [-0.15, -0.1) is 0 Å². The van der Waals surface area contributed by atoms with Gasteiger partial charge in [0.2, 0.25) is 0 Å². The maximum Gasteiger partial charge on any atom is 0.338 e. The van der Waals surface area contributed by atoms with Gasteiger partial charge in [0, 0.05) is 0 Å². The summed E-state index contributed by atoms with van der Waals surface area (Å²) in [5, 5.41) is 5.92. The molecule has 0 unspecified atom stereocenters. The SMILES string of the molecule is CCCC1=NN(c2ccc(C(=O)OCC)cc2)C(=O)C1=CC=Cc1ccccc1. The molecule has 0 spiro atoms. The van der Waals surface area contributed by atoms with Crippen LogP contribution in [-0.4, -0.2) is 24.2 Å². The minimum atomic E-state index is -0.381. The van der Waals surface area contributed by atoms with Crippen LogP contribution >= 0.6 is 0 Å². The van der Waals surface area contributed by atoms with E-state index in [0.717, 1.165) is 17.7 Å². The third-order valence-electron chi connectivity index (χ3n) is 4.42. The predicted octanol–water partition coefficient (Wildman–Crippen LogP) is 5.01. The molecule has 148 valence electrons. The molecular weight excluding hydrogens is 364 g/mol. The number of rotatable bonds is 7. The first-order valence-electron chi connectivity index (χ1n) is 9.77. The molecule has 3 rings (SSSR count). The van der Waals surface area contributed by atoms with Crippen LogP contribution in [0.1, 0.15) is 42.6 Å². The summed E-state index contributed by atoms with van der Waals surface area (Å²) in [7, 11) is 0. The topological polar surface area (TPSA) is 59.0 Å². The number of hydrogen-bond donors (Lipinski definition) is 0. The zero-order valence-electron chi connectivity index (χ0n) is 16.7. The number of carbonyl (C=O) groups excluding carboxylic acids is 2. The highest BCUT2D eigenvalue weighted by Gasteiger charge is 2.30. The lowest BCUT2D eigenvalue weighted by atomic mass is 10.1. The fourth-order valence-corrected chi connectivity index (χ4v) is 2.99. The van der Waals surface area contributed by atoms with Gasteiger partial charge < -0.3 is 4.74 Å². The fourth-order valence-electron chi connectivity index (χ4n) is 2.99. The maximum atomic E-state index is 13.0. The number of allylic oxidation sites excluding steroid dienone is 2. The molecule has 5 heteroatoms. The zero-order valence-corrected chi connectivity index (χ0v) is 16.7. The lowest BCUT2D eigenvalue weighted by molar-refractivity contribution is -0.114. The van der Waals surface area contributed by atoms with Crippen molar-refractivity contribution in [1.82, 2.24) is 0 Å². The van der Waals surface area contributed by atoms with Gasteiger partial charge in [-0.2, -0.15) is 10.1 Å². The average molecular weight is 388 g/mol. The van der Waals surface area contributed by atoms with Crippen LogP contribution < -0.4 is 5.01 Å². The predicted molar refractivity (Wildman–Crippen MR) is 116 cm³/mol. The Balaban J connectivity index is 1.82. The first-order chi connectivity index (χ1) is 14.1. The van der Waals surface area contributed by atoms with Gasteiger partial charge in [0.25, 0.3) is 5.91 Å². The quantitative estimate of drug-likeness (QED) is 0.495. The summed E-state index contributed by atoms with van der Waals surface area (Å²) < 4.78 is 5.00. The second-order valence-corrected chi connectivity index (χ2v) is 6.53. The van der Waals surface area contributed by atoms with Gasteiger partial charge >= 0.3 is 5.97 Å². The van der Waals surface area contributed by atoms with Crippen LogP contribution in [0.15, 0.2) is 77.4 Å². The van der Waals surface area contributed by atoms with Crippen LogP contribution in [0.5, 0.6) is 0 Å². The van der Waals surface area contributed by atoms with Gasteiger partial charge in [-0.05, 0) is 49.2 Å². The standard InChI is InChI=1S/C24H24N2O3/c1-3-9-22-21(13-8-12-18-10-6-5-7-11-18)23(27)26(25-22)20-16-14-19(15-17-20)24(28)29-4-2/h5-8,10-17H,3-4,9H2,1-2H3. The molecule has 0 bridgehead atoms. The van der Waals surface area contributed by atoms with E-state index in [9.17, 15) is 9.59 Å². The van der Waals surface area contributed by atoms with Crippen LogP contribution in [-0.2, 0) is 9.53 Å². The number of hydrazone groups is 1. The summed E-state index contributed by atoms with van der Waals surface area (Å²) in [6.07, 6.45) is 7.26. The fraction of sp³-hybridized carbons (Fsp3) is 0.208. The number of carbonyl (C=O) groups is 2. The number of esters is 1. The third-order valence-corrected chi connectivity index (χ3v) is 4.42. The van der Waals surface area contributed by atoms with Gasteiger partial charge in [0.05, 0.1) is 29.1 Å². The van der Waals surface area contributed by atoms with Crippen LogP contribution in [0.2, 0.25) is 0 Å². The normalized spacial score (nSPS) is 15.2. The molecule has 0 N–H and O–H groups in total. The van der Waals surface area contributed by atoms with Crippen LogP contribution in [0.25, 0.3) is 6.08 Å². The minimum absolute atomic E-state index is 0.171. The van der Waals surface area contributed by atoms with E-state index in [2.05, 4.69) is 12.0 Å². The molecule has 0 fully saturated rings. The first-order valence-corrected chi connectivity index (χ1v) is 9.77. The smallest absolute Gasteiger partial charge is 0.338 e. The van der Waals surface area contributed by atoms with Crippen molar-refractivity contribution in [2.75, 3.05) is 11.6 Å². The zero-order chi connectivity index (χ0) is 20.6. The van der Waals surface area contributed by atoms with Crippen molar-refractivity contribution >= 4 is 29.4 Å². The van der Waals surface area contributed by atoms with Crippen molar-refractivity contribution < 1.29 is 14.3 Å². The summed E-state index contributed by atoms with van der Waals surface area (Å²) in [5.74, 6) is -0.552. The summed E-state index contributed by atoms with van der Waals surface area (Å²) >= 11 is 0. The van der Waals surface area contributed by atoms with Crippen molar-refractivity contribution in [2.45, 2.75) is 26.7 Å². The number of amides is 1. The summed E-state index contributed by atoms with van der Waals surface area (Å²) in [5.41, 5.74) is 3.49. The molecule has 0 aliphatic carbocycles. The largest absolute Gasteiger partial charge is 0.462 e. The molecule has 0 radical (unpaired) electrons. The highest BCUT2D eigenvalue weighted by molar-refractivity contribution is 6.30. The van der Waals surface area contributed by atoms with Crippen molar-refractivity contribution in [3.05, 3.63) is 83.4 Å². The van der Waals surface area contributed by atoms with E-state index in [1.807, 2.05) is 48.6 Å². The molecule has 1 heterocycles. The molecule has 29 heavy (non-hydrogen) atoms. The van der Waals surface area contributed by atoms with E-state index in [1.54, 1.807) is 31.2 Å². The lowest BCUT2D eigenvalue weighted by Gasteiger charge is -2.12. The Hall–Kier alpha value is -3.47. The number of nitrogens with zero attached hydrogens (tertiary/aromatic N) is 2. The molecular formula is C24H24N2O3. The molecule has 1 aliphatic heterocycles. The van der Waals surface area contributed by atoms with Gasteiger partial charge in [-0.25, -0.2) is 4.79 Å². The Morgan fingerprint density at radius 3 is 2.45 bits per heavy atom. The Morgan fingerprint density at radius 1 is 1.07 bits per heavy atom. The number of ether oxygens (including phenoxy) is 1. The molecule has 0 saturated heterocycles. The Labute approximate surface area is 171 Å². The van der Waals surface area contributed by atoms with E-state index < -0.39 is 0 Å². The lowest BCUT2D eigenvalue weighted by Crippen LogP contribution is -2.21. The van der Waals surface area contributed by atoms with E-state index in [4.69, 9.17) is 4.74 Å². The minimum Gasteiger partial charge on any atom is -0.462 e. The van der Waals surface area contributed by atoms with Crippen molar-refractivity contribution in [1.29, 1.82) is 0 Å². The Morgan fingerprint density at radius 2 is 1.79 bits per heavy atom. The van der Waals surface area contributed by atoms with E-state index in [1.165, 1.54) is 5.01 Å². The highest BCUT2D eigenvalue weighted by Crippen LogP contribution is 2.26. The average Bonchev–Trinajstić information content (AvgIpc) is 3.05. The second kappa shape index (κ2) is 9.64. The second-order valence-electron chi connectivity index (χ2n) is 6.53. The first kappa shape index (κ1) is 20.3. The maximum absolute atomic E-state index is 13.0. The summed E-state index contributed by atoms with van der Waals surface area (Å²) in [6, 6.07) is 16.6. The molecule has 1 aliphatic rings. The Kier molecular flexibility index (Phi) is 6.74. The van der Waals surface area contributed by atoms with E-state index in [-0.39, 0.29) is 11.9 Å². The molecule has 0 saturated carbocycles. The van der Waals surface area contributed by atoms with E-state index in [0.29, 0.717) is 29.9 Å². The molecule has 2 aromatic carbocycles. The van der Waals surface area contributed by atoms with Crippen molar-refractivity contribution in [3.8, 4) is 0 Å². The van der Waals surface area contributed by atoms with Gasteiger partial charge in [-0.3, -0.25) is 4.79 Å². The number of hydrogen-bond acceptors (Lipinski definition) is 4. The van der Waals surface area contributed by atoms with Gasteiger partial charge in [0.1, 0.15) is 0 Å². The van der Waals surface area contributed by atoms with Crippen LogP contribution in [0, 0.1) is 0 Å². The van der Waals surface area contributed by atoms with Gasteiger partial charge in [-0.1, -0.05) is 55.8 Å². The molecule has 0 atom stereocenters. The molecule has 1 amide bonds. The van der Waals surface area contributed by atoms with Crippen molar-refractivity contribution in [3.63, 3.8) is 0 Å². The number of anilines is 1. The van der Waals surface area contributed by atoms with Crippen LogP contribution in [0.4, 0.5) is 5.69 Å². The third kappa shape index (κ3) is 4.88. The molecule has 0 aromatic heterocycles. The number of benzene rings is 2. The summed E-state index contributed by atoms with van der Waals surface area (Å²) in [6.45, 7) is 4.14. The Bertz CT molecular complexity index is 957. The van der Waals surface area contributed by atoms with E-state index >= 15 is 0 Å². The summed E-state index contributed by atoms with van der Waals surface area (Å²) in [4.78, 5) is 24.8. The monoisotopic (exact) mass is 388 g/mol. The van der Waals surface area contributed by atoms with Gasteiger partial charge in [0.15, 0.2) is 0 Å². The molecule has 2 aromatic rings. The molecule has 5 nitrogen and oxygen atoms in total. The van der Waals surface area contributed by atoms with Crippen molar-refractivity contribution in [2.24, 2.45) is 5.10 Å². The van der Waals surface area contributed by atoms with Crippen LogP contribution in [0.3, 0.4) is 0 Å².